The maximum absolute atomic E-state index is 11.3. The average Bonchev–Trinajstić information content (AvgIpc) is 3.59. The van der Waals surface area contributed by atoms with Gasteiger partial charge in [0.25, 0.3) is 5.69 Å². The molecule has 2 aliphatic rings. The van der Waals surface area contributed by atoms with E-state index >= 15 is 0 Å². The van der Waals surface area contributed by atoms with Gasteiger partial charge in [-0.1, -0.05) is 18.2 Å². The summed E-state index contributed by atoms with van der Waals surface area (Å²) < 4.78 is 11.8. The molecule has 10 heteroatoms. The number of thiocarbonyl (C=S) groups is 1. The number of furan rings is 1. The number of nitro groups is 1. The van der Waals surface area contributed by atoms with Gasteiger partial charge in [-0.25, -0.2) is 0 Å². The number of hydrogen-bond acceptors (Lipinski definition) is 7. The fraction of sp³-hybridized carbons (Fsp3) is 0.214. The minimum Gasteiger partial charge on any atom is -0.459 e. The van der Waals surface area contributed by atoms with E-state index in [4.69, 9.17) is 21.4 Å². The summed E-state index contributed by atoms with van der Waals surface area (Å²) in [6.07, 6.45) is 1.76. The molecular weight excluding hydrogens is 502 g/mol. The topological polar surface area (TPSA) is 96.9 Å². The summed E-state index contributed by atoms with van der Waals surface area (Å²) in [4.78, 5) is 19.8. The van der Waals surface area contributed by atoms with Crippen molar-refractivity contribution in [3.05, 3.63) is 107 Å². The fourth-order valence-corrected chi connectivity index (χ4v) is 5.35. The molecule has 0 unspecified atom stereocenters. The molecule has 2 aromatic carbocycles. The molecule has 0 aliphatic carbocycles. The molecule has 0 radical (unpaired) electrons. The number of morpholine rings is 1. The molecule has 4 heterocycles. The number of pyridine rings is 1. The zero-order valence-corrected chi connectivity index (χ0v) is 21.2. The first-order valence-electron chi connectivity index (χ1n) is 12.4. The van der Waals surface area contributed by atoms with Crippen molar-refractivity contribution < 1.29 is 14.1 Å². The summed E-state index contributed by atoms with van der Waals surface area (Å²) in [5.41, 5.74) is 3.54. The first-order chi connectivity index (χ1) is 18.6. The lowest BCUT2D eigenvalue weighted by Gasteiger charge is -2.30. The lowest BCUT2D eigenvalue weighted by molar-refractivity contribution is -0.384. The van der Waals surface area contributed by atoms with Gasteiger partial charge >= 0.3 is 0 Å². The summed E-state index contributed by atoms with van der Waals surface area (Å²) in [5, 5.41) is 15.3. The Balaban J connectivity index is 1.37. The molecule has 192 valence electrons. The van der Waals surface area contributed by atoms with Gasteiger partial charge in [-0.05, 0) is 60.7 Å². The summed E-state index contributed by atoms with van der Waals surface area (Å²) >= 11 is 5.82. The number of nitrogens with one attached hydrogen (secondary N) is 1. The van der Waals surface area contributed by atoms with Crippen LogP contribution in [-0.2, 0) is 4.74 Å². The molecule has 2 fully saturated rings. The van der Waals surface area contributed by atoms with E-state index in [0.29, 0.717) is 22.2 Å². The summed E-state index contributed by atoms with van der Waals surface area (Å²) in [6.45, 7) is 3.17. The van der Waals surface area contributed by atoms with E-state index in [1.54, 1.807) is 18.3 Å². The number of nitro benzene ring substituents is 1. The van der Waals surface area contributed by atoms with Crippen LogP contribution in [0.4, 0.5) is 17.1 Å². The van der Waals surface area contributed by atoms with Crippen LogP contribution in [0.5, 0.6) is 0 Å². The molecular formula is C28H25N5O4S. The van der Waals surface area contributed by atoms with Crippen molar-refractivity contribution >= 4 is 34.4 Å². The van der Waals surface area contributed by atoms with E-state index in [1.165, 1.54) is 12.1 Å². The van der Waals surface area contributed by atoms with Crippen LogP contribution in [0, 0.1) is 10.1 Å². The standard InChI is InChI=1S/C28H25N5O4S/c34-33(35)22-5-3-4-19(18-22)24-11-12-25(37-24)27-26(23-6-1-2-13-29-23)30-28(38)32(27)21-9-7-20(8-10-21)31-14-16-36-17-15-31/h1-13,18,26-27H,14-17H2,(H,30,38)/t26-,27-/m0/s1. The van der Waals surface area contributed by atoms with Crippen molar-refractivity contribution in [3.63, 3.8) is 0 Å². The molecule has 1 N–H and O–H groups in total. The van der Waals surface area contributed by atoms with Crippen LogP contribution in [0.25, 0.3) is 11.3 Å². The van der Waals surface area contributed by atoms with Crippen LogP contribution in [0.15, 0.2) is 89.5 Å². The number of non-ortho nitro benzene ring substituents is 1. The van der Waals surface area contributed by atoms with Crippen molar-refractivity contribution in [1.29, 1.82) is 0 Å². The van der Waals surface area contributed by atoms with Gasteiger partial charge in [0.2, 0.25) is 0 Å². The van der Waals surface area contributed by atoms with E-state index in [1.807, 2.05) is 35.2 Å². The molecule has 2 saturated heterocycles. The van der Waals surface area contributed by atoms with E-state index in [-0.39, 0.29) is 17.8 Å². The Hall–Kier alpha value is -4.28. The smallest absolute Gasteiger partial charge is 0.270 e. The van der Waals surface area contributed by atoms with Crippen molar-refractivity contribution in [2.24, 2.45) is 0 Å². The third kappa shape index (κ3) is 4.59. The number of benzene rings is 2. The molecule has 2 aliphatic heterocycles. The van der Waals surface area contributed by atoms with Crippen molar-refractivity contribution in [3.8, 4) is 11.3 Å². The highest BCUT2D eigenvalue weighted by Gasteiger charge is 2.42. The third-order valence-corrected chi connectivity index (χ3v) is 7.18. The van der Waals surface area contributed by atoms with Gasteiger partial charge in [-0.3, -0.25) is 15.1 Å². The summed E-state index contributed by atoms with van der Waals surface area (Å²) in [5.74, 6) is 1.22. The lowest BCUT2D eigenvalue weighted by Crippen LogP contribution is -2.36. The average molecular weight is 528 g/mol. The Labute approximate surface area is 224 Å². The van der Waals surface area contributed by atoms with Crippen molar-refractivity contribution in [2.45, 2.75) is 12.1 Å². The first-order valence-corrected chi connectivity index (χ1v) is 12.8. The van der Waals surface area contributed by atoms with Gasteiger partial charge in [0, 0.05) is 48.4 Å². The Morgan fingerprint density at radius 3 is 2.50 bits per heavy atom. The number of hydrogen-bond donors (Lipinski definition) is 1. The van der Waals surface area contributed by atoms with Gasteiger partial charge in [0.15, 0.2) is 5.11 Å². The van der Waals surface area contributed by atoms with E-state index < -0.39 is 4.92 Å². The van der Waals surface area contributed by atoms with E-state index in [9.17, 15) is 10.1 Å². The third-order valence-electron chi connectivity index (χ3n) is 6.86. The highest BCUT2D eigenvalue weighted by molar-refractivity contribution is 7.80. The van der Waals surface area contributed by atoms with Crippen LogP contribution in [0.2, 0.25) is 0 Å². The fourth-order valence-electron chi connectivity index (χ4n) is 5.01. The predicted molar refractivity (Wildman–Crippen MR) is 148 cm³/mol. The largest absolute Gasteiger partial charge is 0.459 e. The Morgan fingerprint density at radius 1 is 0.974 bits per heavy atom. The number of nitrogens with zero attached hydrogens (tertiary/aromatic N) is 4. The molecule has 0 amide bonds. The summed E-state index contributed by atoms with van der Waals surface area (Å²) in [7, 11) is 0. The van der Waals surface area contributed by atoms with Gasteiger partial charge in [0.1, 0.15) is 17.6 Å². The molecule has 4 aromatic rings. The minimum absolute atomic E-state index is 0.0116. The van der Waals surface area contributed by atoms with Gasteiger partial charge in [-0.2, -0.15) is 0 Å². The van der Waals surface area contributed by atoms with Gasteiger partial charge < -0.3 is 24.3 Å². The lowest BCUT2D eigenvalue weighted by atomic mass is 10.0. The molecule has 0 bridgehead atoms. The first kappa shape index (κ1) is 24.1. The van der Waals surface area contributed by atoms with Crippen LogP contribution in [0.3, 0.4) is 0 Å². The zero-order valence-electron chi connectivity index (χ0n) is 20.4. The summed E-state index contributed by atoms with van der Waals surface area (Å²) in [6, 6.07) is 23.7. The maximum atomic E-state index is 11.3. The highest BCUT2D eigenvalue weighted by atomic mass is 32.1. The minimum atomic E-state index is -0.411. The van der Waals surface area contributed by atoms with Gasteiger partial charge in [-0.15, -0.1) is 0 Å². The number of anilines is 2. The van der Waals surface area contributed by atoms with Crippen LogP contribution in [-0.4, -0.2) is 41.3 Å². The Kier molecular flexibility index (Phi) is 6.48. The van der Waals surface area contributed by atoms with Crippen LogP contribution in [0.1, 0.15) is 23.5 Å². The zero-order chi connectivity index (χ0) is 26.1. The molecule has 0 spiro atoms. The number of aromatic nitrogens is 1. The molecule has 38 heavy (non-hydrogen) atoms. The molecule has 2 atom stereocenters. The quantitative estimate of drug-likeness (QED) is 0.204. The molecule has 0 saturated carbocycles. The maximum Gasteiger partial charge on any atom is 0.270 e. The van der Waals surface area contributed by atoms with Crippen LogP contribution < -0.4 is 15.1 Å². The van der Waals surface area contributed by atoms with Crippen molar-refractivity contribution in [1.82, 2.24) is 10.3 Å². The molecule has 2 aromatic heterocycles. The second kappa shape index (κ2) is 10.2. The predicted octanol–water partition coefficient (Wildman–Crippen LogP) is 5.26. The van der Waals surface area contributed by atoms with E-state index in [2.05, 4.69) is 39.5 Å². The molecule has 6 rings (SSSR count). The SMILES string of the molecule is O=[N+]([O-])c1cccc(-c2ccc([C@H]3[C@H](c4ccccn4)NC(=S)N3c3ccc(N4CCOCC4)cc3)o2)c1. The Bertz CT molecular complexity index is 1450. The number of rotatable bonds is 6. The second-order valence-corrected chi connectivity index (χ2v) is 9.51. The monoisotopic (exact) mass is 527 g/mol. The van der Waals surface area contributed by atoms with E-state index in [0.717, 1.165) is 43.4 Å². The van der Waals surface area contributed by atoms with Gasteiger partial charge in [0.05, 0.1) is 29.9 Å². The van der Waals surface area contributed by atoms with Crippen LogP contribution >= 0.6 is 12.2 Å². The normalized spacial score (nSPS) is 19.4. The number of ether oxygens (including phenoxy) is 1. The second-order valence-electron chi connectivity index (χ2n) is 9.12. The highest BCUT2D eigenvalue weighted by Crippen LogP contribution is 2.43. The molecule has 9 nitrogen and oxygen atoms in total. The van der Waals surface area contributed by atoms with Crippen molar-refractivity contribution in [2.75, 3.05) is 36.1 Å². The Morgan fingerprint density at radius 2 is 1.76 bits per heavy atom.